The molecule has 0 saturated carbocycles. The quantitative estimate of drug-likeness (QED) is 0.609. The van der Waals surface area contributed by atoms with Crippen molar-refractivity contribution in [2.45, 2.75) is 33.6 Å². The maximum atomic E-state index is 3.29. The molecule has 80 valence electrons. The van der Waals surface area contributed by atoms with Crippen LogP contribution in [0.15, 0.2) is 0 Å². The van der Waals surface area contributed by atoms with Crippen LogP contribution >= 0.6 is 11.8 Å². The van der Waals surface area contributed by atoms with Gasteiger partial charge < -0.3 is 5.32 Å². The van der Waals surface area contributed by atoms with E-state index in [1.165, 1.54) is 30.9 Å². The van der Waals surface area contributed by atoms with Gasteiger partial charge in [-0.05, 0) is 49.8 Å². The Labute approximate surface area is 88.1 Å². The smallest absolute Gasteiger partial charge is 0.00231 e. The third kappa shape index (κ3) is 8.63. The molecule has 1 atom stereocenters. The molecule has 0 rings (SSSR count). The summed E-state index contributed by atoms with van der Waals surface area (Å²) in [7, 11) is 2.06. The Morgan fingerprint density at radius 3 is 2.46 bits per heavy atom. The van der Waals surface area contributed by atoms with E-state index in [9.17, 15) is 0 Å². The second kappa shape index (κ2) is 8.89. The van der Waals surface area contributed by atoms with E-state index in [1.807, 2.05) is 0 Å². The maximum absolute atomic E-state index is 3.29. The normalized spacial score (nSPS) is 13.6. The maximum Gasteiger partial charge on any atom is -0.00231 e. The molecule has 0 aromatic carbocycles. The first-order valence-electron chi connectivity index (χ1n) is 5.43. The monoisotopic (exact) mass is 203 g/mol. The van der Waals surface area contributed by atoms with Crippen LogP contribution in [0.2, 0.25) is 0 Å². The van der Waals surface area contributed by atoms with Gasteiger partial charge in [-0.15, -0.1) is 0 Å². The summed E-state index contributed by atoms with van der Waals surface area (Å²) in [6.45, 7) is 8.05. The molecule has 0 aliphatic heterocycles. The van der Waals surface area contributed by atoms with Crippen LogP contribution in [0.5, 0.6) is 0 Å². The van der Waals surface area contributed by atoms with Gasteiger partial charge in [0, 0.05) is 0 Å². The average Bonchev–Trinajstić information content (AvgIpc) is 2.04. The van der Waals surface area contributed by atoms with E-state index < -0.39 is 0 Å². The standard InChI is InChI=1S/C11H25NS/c1-5-13-7-6-11(9-12-4)8-10(2)3/h10-12H,5-9H2,1-4H3. The molecule has 1 N–H and O–H groups in total. The fourth-order valence-corrected chi connectivity index (χ4v) is 2.44. The molecule has 0 fully saturated rings. The zero-order valence-electron chi connectivity index (χ0n) is 9.60. The summed E-state index contributed by atoms with van der Waals surface area (Å²) in [5.41, 5.74) is 0. The lowest BCUT2D eigenvalue weighted by Crippen LogP contribution is -2.21. The van der Waals surface area contributed by atoms with Gasteiger partial charge in [0.25, 0.3) is 0 Å². The molecule has 2 heteroatoms. The number of hydrogen-bond donors (Lipinski definition) is 1. The van der Waals surface area contributed by atoms with Gasteiger partial charge in [-0.2, -0.15) is 11.8 Å². The SMILES string of the molecule is CCSCCC(CNC)CC(C)C. The highest BCUT2D eigenvalue weighted by Gasteiger charge is 2.09. The molecule has 0 aromatic heterocycles. The van der Waals surface area contributed by atoms with Crippen LogP contribution < -0.4 is 5.32 Å². The van der Waals surface area contributed by atoms with Crippen LogP contribution in [0.1, 0.15) is 33.6 Å². The van der Waals surface area contributed by atoms with Crippen molar-refractivity contribution in [2.75, 3.05) is 25.1 Å². The molecule has 0 aliphatic carbocycles. The summed E-state index contributed by atoms with van der Waals surface area (Å²) in [5, 5.41) is 3.29. The summed E-state index contributed by atoms with van der Waals surface area (Å²) < 4.78 is 0. The lowest BCUT2D eigenvalue weighted by atomic mass is 9.95. The fourth-order valence-electron chi connectivity index (χ4n) is 1.65. The molecule has 13 heavy (non-hydrogen) atoms. The van der Waals surface area contributed by atoms with Crippen LogP contribution in [-0.2, 0) is 0 Å². The summed E-state index contributed by atoms with van der Waals surface area (Å²) in [5.74, 6) is 4.30. The Bertz CT molecular complexity index is 104. The Kier molecular flexibility index (Phi) is 9.10. The molecule has 0 radical (unpaired) electrons. The van der Waals surface area contributed by atoms with Gasteiger partial charge in [0.05, 0.1) is 0 Å². The highest BCUT2D eigenvalue weighted by Crippen LogP contribution is 2.17. The van der Waals surface area contributed by atoms with Gasteiger partial charge in [-0.1, -0.05) is 20.8 Å². The lowest BCUT2D eigenvalue weighted by molar-refractivity contribution is 0.389. The van der Waals surface area contributed by atoms with Crippen LogP contribution in [-0.4, -0.2) is 25.1 Å². The van der Waals surface area contributed by atoms with Gasteiger partial charge in [-0.25, -0.2) is 0 Å². The minimum absolute atomic E-state index is 0.838. The second-order valence-corrected chi connectivity index (χ2v) is 5.43. The summed E-state index contributed by atoms with van der Waals surface area (Å²) in [6.07, 6.45) is 2.74. The van der Waals surface area contributed by atoms with E-state index in [-0.39, 0.29) is 0 Å². The Hall–Kier alpha value is 0.310. The first-order valence-corrected chi connectivity index (χ1v) is 6.58. The first-order chi connectivity index (χ1) is 6.20. The number of hydrogen-bond acceptors (Lipinski definition) is 2. The highest BCUT2D eigenvalue weighted by molar-refractivity contribution is 7.99. The van der Waals surface area contributed by atoms with Crippen LogP contribution in [0.4, 0.5) is 0 Å². The molecule has 0 saturated heterocycles. The summed E-state index contributed by atoms with van der Waals surface area (Å²) in [6, 6.07) is 0. The van der Waals surface area contributed by atoms with Crippen molar-refractivity contribution < 1.29 is 0 Å². The van der Waals surface area contributed by atoms with Crippen molar-refractivity contribution in [1.29, 1.82) is 0 Å². The van der Waals surface area contributed by atoms with E-state index in [0.717, 1.165) is 11.8 Å². The average molecular weight is 203 g/mol. The van der Waals surface area contributed by atoms with Gasteiger partial charge in [-0.3, -0.25) is 0 Å². The first kappa shape index (κ1) is 13.3. The molecule has 0 aliphatic rings. The van der Waals surface area contributed by atoms with E-state index in [1.54, 1.807) is 0 Å². The van der Waals surface area contributed by atoms with Crippen molar-refractivity contribution in [3.8, 4) is 0 Å². The summed E-state index contributed by atoms with van der Waals surface area (Å²) in [4.78, 5) is 0. The Balaban J connectivity index is 3.53. The van der Waals surface area contributed by atoms with Gasteiger partial charge >= 0.3 is 0 Å². The van der Waals surface area contributed by atoms with E-state index in [2.05, 4.69) is 44.9 Å². The van der Waals surface area contributed by atoms with E-state index >= 15 is 0 Å². The minimum Gasteiger partial charge on any atom is -0.319 e. The predicted octanol–water partition coefficient (Wildman–Crippen LogP) is 3.01. The molecule has 0 aromatic rings. The van der Waals surface area contributed by atoms with Crippen LogP contribution in [0.3, 0.4) is 0 Å². The predicted molar refractivity (Wildman–Crippen MR) is 64.5 cm³/mol. The molecule has 1 unspecified atom stereocenters. The van der Waals surface area contributed by atoms with Gasteiger partial charge in [0.1, 0.15) is 0 Å². The zero-order valence-corrected chi connectivity index (χ0v) is 10.4. The van der Waals surface area contributed by atoms with E-state index in [0.29, 0.717) is 0 Å². The molecule has 0 spiro atoms. The van der Waals surface area contributed by atoms with Crippen molar-refractivity contribution in [1.82, 2.24) is 5.32 Å². The number of rotatable bonds is 8. The molecular weight excluding hydrogens is 178 g/mol. The van der Waals surface area contributed by atoms with Crippen molar-refractivity contribution in [3.05, 3.63) is 0 Å². The molecule has 0 heterocycles. The molecule has 0 amide bonds. The third-order valence-corrected chi connectivity index (χ3v) is 3.10. The number of thioether (sulfide) groups is 1. The Morgan fingerprint density at radius 1 is 1.31 bits per heavy atom. The highest BCUT2D eigenvalue weighted by atomic mass is 32.2. The van der Waals surface area contributed by atoms with Crippen LogP contribution in [0.25, 0.3) is 0 Å². The van der Waals surface area contributed by atoms with Crippen molar-refractivity contribution in [3.63, 3.8) is 0 Å². The van der Waals surface area contributed by atoms with Crippen LogP contribution in [0, 0.1) is 11.8 Å². The van der Waals surface area contributed by atoms with Crippen molar-refractivity contribution >= 4 is 11.8 Å². The topological polar surface area (TPSA) is 12.0 Å². The fraction of sp³-hybridized carbons (Fsp3) is 1.00. The third-order valence-electron chi connectivity index (χ3n) is 2.17. The number of nitrogens with one attached hydrogen (secondary N) is 1. The minimum atomic E-state index is 0.838. The lowest BCUT2D eigenvalue weighted by Gasteiger charge is -2.18. The van der Waals surface area contributed by atoms with E-state index in [4.69, 9.17) is 0 Å². The molecule has 1 nitrogen and oxygen atoms in total. The van der Waals surface area contributed by atoms with Crippen molar-refractivity contribution in [2.24, 2.45) is 11.8 Å². The van der Waals surface area contributed by atoms with Gasteiger partial charge in [0.2, 0.25) is 0 Å². The molecule has 0 bridgehead atoms. The largest absolute Gasteiger partial charge is 0.319 e. The van der Waals surface area contributed by atoms with Gasteiger partial charge in [0.15, 0.2) is 0 Å². The Morgan fingerprint density at radius 2 is 2.00 bits per heavy atom. The summed E-state index contributed by atoms with van der Waals surface area (Å²) >= 11 is 2.06. The zero-order chi connectivity index (χ0) is 10.1. The molecular formula is C11H25NS. The second-order valence-electron chi connectivity index (χ2n) is 4.04.